The van der Waals surface area contributed by atoms with Crippen molar-refractivity contribution < 1.29 is 15.0 Å². The number of aliphatic hydroxyl groups is 2. The van der Waals surface area contributed by atoms with Gasteiger partial charge in [0.25, 0.3) is 0 Å². The van der Waals surface area contributed by atoms with Crippen LogP contribution in [0.15, 0.2) is 5.38 Å². The average molecular weight is 244 g/mol. The van der Waals surface area contributed by atoms with Crippen molar-refractivity contribution in [3.63, 3.8) is 0 Å². The predicted octanol–water partition coefficient (Wildman–Crippen LogP) is -0.146. The van der Waals surface area contributed by atoms with E-state index < -0.39 is 5.60 Å². The van der Waals surface area contributed by atoms with Crippen molar-refractivity contribution in [1.82, 2.24) is 10.3 Å². The van der Waals surface area contributed by atoms with E-state index in [2.05, 4.69) is 10.3 Å². The Balaban J connectivity index is 2.37. The van der Waals surface area contributed by atoms with E-state index in [9.17, 15) is 9.90 Å². The van der Waals surface area contributed by atoms with E-state index in [-0.39, 0.29) is 25.5 Å². The van der Waals surface area contributed by atoms with Gasteiger partial charge in [0.2, 0.25) is 5.91 Å². The molecule has 0 fully saturated rings. The van der Waals surface area contributed by atoms with Gasteiger partial charge < -0.3 is 15.5 Å². The molecule has 0 aliphatic heterocycles. The second kappa shape index (κ2) is 5.38. The highest BCUT2D eigenvalue weighted by atomic mass is 32.1. The van der Waals surface area contributed by atoms with Gasteiger partial charge in [0, 0.05) is 11.9 Å². The molecule has 90 valence electrons. The molecule has 0 radical (unpaired) electrons. The van der Waals surface area contributed by atoms with Gasteiger partial charge in [-0.1, -0.05) is 0 Å². The smallest absolute Gasteiger partial charge is 0.226 e. The maximum absolute atomic E-state index is 11.4. The third kappa shape index (κ3) is 4.26. The van der Waals surface area contributed by atoms with Gasteiger partial charge in [-0.05, 0) is 13.8 Å². The van der Waals surface area contributed by atoms with Crippen LogP contribution in [0.25, 0.3) is 0 Å². The molecule has 0 spiro atoms. The number of carbonyl (C=O) groups excluding carboxylic acids is 1. The van der Waals surface area contributed by atoms with E-state index in [1.807, 2.05) is 12.3 Å². The van der Waals surface area contributed by atoms with Gasteiger partial charge in [-0.3, -0.25) is 4.79 Å². The van der Waals surface area contributed by atoms with E-state index in [0.29, 0.717) is 0 Å². The van der Waals surface area contributed by atoms with Crippen molar-refractivity contribution in [2.75, 3.05) is 13.2 Å². The van der Waals surface area contributed by atoms with Crippen molar-refractivity contribution >= 4 is 17.2 Å². The zero-order chi connectivity index (χ0) is 12.2. The summed E-state index contributed by atoms with van der Waals surface area (Å²) in [4.78, 5) is 15.6. The van der Waals surface area contributed by atoms with Gasteiger partial charge in [0.1, 0.15) is 5.60 Å². The van der Waals surface area contributed by atoms with E-state index in [0.717, 1.165) is 10.7 Å². The Hall–Kier alpha value is -0.980. The lowest BCUT2D eigenvalue weighted by Gasteiger charge is -2.20. The third-order valence-corrected chi connectivity index (χ3v) is 2.84. The number of aliphatic hydroxyl groups excluding tert-OH is 1. The minimum absolute atomic E-state index is 0.0332. The number of aromatic nitrogens is 1. The van der Waals surface area contributed by atoms with Crippen molar-refractivity contribution in [1.29, 1.82) is 0 Å². The highest BCUT2D eigenvalue weighted by Gasteiger charge is 2.19. The Kier molecular flexibility index (Phi) is 4.40. The molecule has 6 heteroatoms. The first-order chi connectivity index (χ1) is 7.43. The fourth-order valence-electron chi connectivity index (χ4n) is 1.06. The quantitative estimate of drug-likeness (QED) is 0.673. The molecular formula is C10H16N2O3S. The Morgan fingerprint density at radius 2 is 2.38 bits per heavy atom. The average Bonchev–Trinajstić information content (AvgIpc) is 2.61. The van der Waals surface area contributed by atoms with E-state index in [1.54, 1.807) is 0 Å². The molecule has 0 saturated carbocycles. The summed E-state index contributed by atoms with van der Waals surface area (Å²) < 4.78 is 0. The first kappa shape index (κ1) is 13.1. The predicted molar refractivity (Wildman–Crippen MR) is 61.3 cm³/mol. The Morgan fingerprint density at radius 1 is 1.69 bits per heavy atom. The standard InChI is InChI=1S/C10H16N2O3S/c1-7-12-8(4-16-7)3-9(14)11-5-10(2,15)6-13/h4,13,15H,3,5-6H2,1-2H3,(H,11,14). The van der Waals surface area contributed by atoms with Crippen LogP contribution in [0, 0.1) is 6.92 Å². The molecule has 1 unspecified atom stereocenters. The lowest BCUT2D eigenvalue weighted by atomic mass is 10.1. The summed E-state index contributed by atoms with van der Waals surface area (Å²) in [5.74, 6) is -0.209. The lowest BCUT2D eigenvalue weighted by molar-refractivity contribution is -0.122. The highest BCUT2D eigenvalue weighted by molar-refractivity contribution is 7.09. The molecule has 3 N–H and O–H groups in total. The SMILES string of the molecule is Cc1nc(CC(=O)NCC(C)(O)CO)cs1. The molecule has 0 saturated heterocycles. The summed E-state index contributed by atoms with van der Waals surface area (Å²) in [5.41, 5.74) is -0.545. The lowest BCUT2D eigenvalue weighted by Crippen LogP contribution is -2.43. The van der Waals surface area contributed by atoms with Crippen LogP contribution in [0.4, 0.5) is 0 Å². The number of nitrogens with zero attached hydrogens (tertiary/aromatic N) is 1. The number of amides is 1. The summed E-state index contributed by atoms with van der Waals surface area (Å²) in [6.45, 7) is 2.98. The van der Waals surface area contributed by atoms with Gasteiger partial charge >= 0.3 is 0 Å². The van der Waals surface area contributed by atoms with Gasteiger partial charge in [0.05, 0.1) is 23.7 Å². The highest BCUT2D eigenvalue weighted by Crippen LogP contribution is 2.08. The molecular weight excluding hydrogens is 228 g/mol. The summed E-state index contributed by atoms with van der Waals surface area (Å²) in [6, 6.07) is 0. The third-order valence-electron chi connectivity index (χ3n) is 2.02. The minimum atomic E-state index is -1.27. The summed E-state index contributed by atoms with van der Waals surface area (Å²) in [6.07, 6.45) is 0.200. The normalized spacial score (nSPS) is 14.5. The molecule has 1 aromatic rings. The van der Waals surface area contributed by atoms with Crippen molar-refractivity contribution in [3.8, 4) is 0 Å². The maximum Gasteiger partial charge on any atom is 0.226 e. The van der Waals surface area contributed by atoms with Crippen LogP contribution in [-0.4, -0.2) is 39.9 Å². The molecule has 1 aromatic heterocycles. The van der Waals surface area contributed by atoms with E-state index in [4.69, 9.17) is 5.11 Å². The van der Waals surface area contributed by atoms with Crippen molar-refractivity contribution in [3.05, 3.63) is 16.1 Å². The molecule has 1 heterocycles. The van der Waals surface area contributed by atoms with Crippen molar-refractivity contribution in [2.24, 2.45) is 0 Å². The number of carbonyl (C=O) groups is 1. The molecule has 0 aliphatic rings. The molecule has 1 rings (SSSR count). The number of nitrogens with one attached hydrogen (secondary N) is 1. The number of aryl methyl sites for hydroxylation is 1. The summed E-state index contributed by atoms with van der Waals surface area (Å²) >= 11 is 1.49. The van der Waals surface area contributed by atoms with Crippen LogP contribution in [0.5, 0.6) is 0 Å². The molecule has 0 bridgehead atoms. The molecule has 0 aromatic carbocycles. The monoisotopic (exact) mass is 244 g/mol. The number of hydrogen-bond donors (Lipinski definition) is 3. The minimum Gasteiger partial charge on any atom is -0.393 e. The van der Waals surface area contributed by atoms with Gasteiger partial charge in [-0.15, -0.1) is 11.3 Å². The molecule has 16 heavy (non-hydrogen) atoms. The molecule has 5 nitrogen and oxygen atoms in total. The topological polar surface area (TPSA) is 82.5 Å². The summed E-state index contributed by atoms with van der Waals surface area (Å²) in [7, 11) is 0. The largest absolute Gasteiger partial charge is 0.393 e. The van der Waals surface area contributed by atoms with Gasteiger partial charge in [-0.2, -0.15) is 0 Å². The fourth-order valence-corrected chi connectivity index (χ4v) is 1.67. The Labute approximate surface area is 98.1 Å². The zero-order valence-electron chi connectivity index (χ0n) is 9.36. The maximum atomic E-state index is 11.4. The van der Waals surface area contributed by atoms with Gasteiger partial charge in [0.15, 0.2) is 0 Å². The van der Waals surface area contributed by atoms with E-state index in [1.165, 1.54) is 18.3 Å². The molecule has 1 amide bonds. The van der Waals surface area contributed by atoms with Crippen LogP contribution in [-0.2, 0) is 11.2 Å². The molecule has 1 atom stereocenters. The first-order valence-electron chi connectivity index (χ1n) is 4.94. The van der Waals surface area contributed by atoms with Crippen LogP contribution in [0.3, 0.4) is 0 Å². The fraction of sp³-hybridized carbons (Fsp3) is 0.600. The zero-order valence-corrected chi connectivity index (χ0v) is 10.2. The number of rotatable bonds is 5. The first-order valence-corrected chi connectivity index (χ1v) is 5.82. The number of thiazole rings is 1. The van der Waals surface area contributed by atoms with Crippen LogP contribution in [0.2, 0.25) is 0 Å². The second-order valence-electron chi connectivity index (χ2n) is 3.97. The molecule has 0 aliphatic carbocycles. The second-order valence-corrected chi connectivity index (χ2v) is 5.03. The van der Waals surface area contributed by atoms with Crippen molar-refractivity contribution in [2.45, 2.75) is 25.9 Å². The summed E-state index contributed by atoms with van der Waals surface area (Å²) in [5, 5.41) is 23.6. The van der Waals surface area contributed by atoms with Crippen LogP contribution < -0.4 is 5.32 Å². The van der Waals surface area contributed by atoms with E-state index >= 15 is 0 Å². The van der Waals surface area contributed by atoms with Crippen LogP contribution >= 0.6 is 11.3 Å². The Morgan fingerprint density at radius 3 is 2.88 bits per heavy atom. The van der Waals surface area contributed by atoms with Crippen LogP contribution in [0.1, 0.15) is 17.6 Å². The Bertz CT molecular complexity index is 363. The number of hydrogen-bond acceptors (Lipinski definition) is 5. The van der Waals surface area contributed by atoms with Gasteiger partial charge in [-0.25, -0.2) is 4.98 Å².